The van der Waals surface area contributed by atoms with Crippen LogP contribution in [0.15, 0.2) is 24.5 Å². The Kier molecular flexibility index (Phi) is 3.03. The van der Waals surface area contributed by atoms with Gasteiger partial charge in [0.2, 0.25) is 0 Å². The van der Waals surface area contributed by atoms with Gasteiger partial charge in [-0.2, -0.15) is 8.75 Å². The van der Waals surface area contributed by atoms with Crippen LogP contribution in [0.25, 0.3) is 0 Å². The summed E-state index contributed by atoms with van der Waals surface area (Å²) in [6, 6.07) is 3.32. The molecule has 0 aliphatic heterocycles. The zero-order valence-electron chi connectivity index (χ0n) is 7.55. The number of hydrogen-bond donors (Lipinski definition) is 0. The van der Waals surface area contributed by atoms with Gasteiger partial charge in [-0.25, -0.2) is 0 Å². The van der Waals surface area contributed by atoms with Gasteiger partial charge in [0.1, 0.15) is 5.69 Å². The molecule has 4 nitrogen and oxygen atoms in total. The van der Waals surface area contributed by atoms with E-state index in [-0.39, 0.29) is 17.9 Å². The van der Waals surface area contributed by atoms with Crippen molar-refractivity contribution in [3.63, 3.8) is 0 Å². The molecule has 2 aromatic heterocycles. The summed E-state index contributed by atoms with van der Waals surface area (Å²) < 4.78 is 7.77. The summed E-state index contributed by atoms with van der Waals surface area (Å²) in [7, 11) is 0. The van der Waals surface area contributed by atoms with Crippen molar-refractivity contribution in [1.29, 1.82) is 0 Å². The molecule has 2 heterocycles. The highest BCUT2D eigenvalue weighted by Gasteiger charge is 2.13. The van der Waals surface area contributed by atoms with Crippen molar-refractivity contribution < 1.29 is 4.79 Å². The van der Waals surface area contributed by atoms with Crippen LogP contribution in [0.2, 0.25) is 5.02 Å². The van der Waals surface area contributed by atoms with Crippen LogP contribution in [0.4, 0.5) is 0 Å². The summed E-state index contributed by atoms with van der Waals surface area (Å²) in [5.41, 5.74) is 0.930. The molecule has 15 heavy (non-hydrogen) atoms. The van der Waals surface area contributed by atoms with Crippen LogP contribution in [-0.2, 0) is 6.42 Å². The maximum Gasteiger partial charge on any atom is 0.188 e. The molecule has 0 aliphatic rings. The number of carbonyl (C=O) groups excluding carboxylic acids is 1. The number of hydrogen-bond acceptors (Lipinski definition) is 5. The first-order chi connectivity index (χ1) is 7.27. The predicted octanol–water partition coefficient (Wildman–Crippen LogP) is 2.01. The Balaban J connectivity index is 2.19. The van der Waals surface area contributed by atoms with E-state index in [2.05, 4.69) is 13.7 Å². The molecular weight excluding hydrogens is 234 g/mol. The van der Waals surface area contributed by atoms with Gasteiger partial charge in [0.15, 0.2) is 5.78 Å². The first kappa shape index (κ1) is 10.2. The summed E-state index contributed by atoms with van der Waals surface area (Å²) in [5.74, 6) is -0.145. The van der Waals surface area contributed by atoms with Crippen LogP contribution in [0.5, 0.6) is 0 Å². The summed E-state index contributed by atoms with van der Waals surface area (Å²) in [6.45, 7) is 0. The van der Waals surface area contributed by atoms with Crippen molar-refractivity contribution >= 4 is 29.1 Å². The molecule has 0 radical (unpaired) electrons. The molecule has 2 aromatic rings. The molecule has 0 amide bonds. The molecule has 0 aliphatic carbocycles. The maximum absolute atomic E-state index is 11.7. The zero-order valence-corrected chi connectivity index (χ0v) is 9.13. The second kappa shape index (κ2) is 4.46. The van der Waals surface area contributed by atoms with Crippen LogP contribution in [0.1, 0.15) is 16.2 Å². The maximum atomic E-state index is 11.7. The fourth-order valence-electron chi connectivity index (χ4n) is 1.10. The molecule has 2 rings (SSSR count). The largest absolute Gasteiger partial charge is 0.292 e. The van der Waals surface area contributed by atoms with E-state index in [1.807, 2.05) is 0 Å². The molecule has 0 unspecified atom stereocenters. The Hall–Kier alpha value is -1.33. The quantitative estimate of drug-likeness (QED) is 0.769. The Labute approximate surface area is 95.3 Å². The van der Waals surface area contributed by atoms with Gasteiger partial charge in [-0.3, -0.25) is 9.78 Å². The summed E-state index contributed by atoms with van der Waals surface area (Å²) >= 11 is 6.92. The van der Waals surface area contributed by atoms with Crippen molar-refractivity contribution in [3.8, 4) is 0 Å². The zero-order chi connectivity index (χ0) is 10.7. The summed E-state index contributed by atoms with van der Waals surface area (Å²) in [4.78, 5) is 15.7. The van der Waals surface area contributed by atoms with E-state index >= 15 is 0 Å². The van der Waals surface area contributed by atoms with Gasteiger partial charge in [-0.05, 0) is 12.1 Å². The number of Topliss-reactive ketones (excluding diaryl/α,β-unsaturated/α-hetero) is 1. The first-order valence-electron chi connectivity index (χ1n) is 4.17. The molecule has 0 aromatic carbocycles. The van der Waals surface area contributed by atoms with Gasteiger partial charge in [0, 0.05) is 6.20 Å². The standard InChI is InChI=1S/C9H6ClN3OS/c10-7-2-1-3-11-9(7)8(14)4-6-5-12-15-13-6/h1-3,5H,4H2. The van der Waals surface area contributed by atoms with E-state index in [9.17, 15) is 4.79 Å². The smallest absolute Gasteiger partial charge is 0.188 e. The van der Waals surface area contributed by atoms with Crippen molar-refractivity contribution in [2.75, 3.05) is 0 Å². The van der Waals surface area contributed by atoms with Crippen LogP contribution in [-0.4, -0.2) is 19.5 Å². The number of nitrogens with zero attached hydrogens (tertiary/aromatic N) is 3. The SMILES string of the molecule is O=C(Cc1cnsn1)c1ncccc1Cl. The van der Waals surface area contributed by atoms with Crippen LogP contribution in [0, 0.1) is 0 Å². The lowest BCUT2D eigenvalue weighted by molar-refractivity contribution is 0.0987. The first-order valence-corrected chi connectivity index (χ1v) is 5.28. The van der Waals surface area contributed by atoms with Gasteiger partial charge < -0.3 is 0 Å². The van der Waals surface area contributed by atoms with E-state index in [1.54, 1.807) is 24.5 Å². The number of pyridine rings is 1. The van der Waals surface area contributed by atoms with E-state index in [1.165, 1.54) is 0 Å². The second-order valence-electron chi connectivity index (χ2n) is 2.83. The number of aromatic nitrogens is 3. The second-order valence-corrected chi connectivity index (χ2v) is 3.80. The summed E-state index contributed by atoms with van der Waals surface area (Å²) in [5, 5.41) is 0.366. The normalized spacial score (nSPS) is 10.2. The molecule has 0 spiro atoms. The number of rotatable bonds is 3. The molecule has 0 fully saturated rings. The van der Waals surface area contributed by atoms with Crippen molar-refractivity contribution in [2.45, 2.75) is 6.42 Å². The topological polar surface area (TPSA) is 55.7 Å². The molecule has 0 N–H and O–H groups in total. The van der Waals surface area contributed by atoms with Crippen molar-refractivity contribution in [3.05, 3.63) is 40.9 Å². The van der Waals surface area contributed by atoms with Crippen molar-refractivity contribution in [1.82, 2.24) is 13.7 Å². The average Bonchev–Trinajstić information content (AvgIpc) is 2.71. The van der Waals surface area contributed by atoms with E-state index in [0.717, 1.165) is 11.7 Å². The highest BCUT2D eigenvalue weighted by molar-refractivity contribution is 6.99. The minimum Gasteiger partial charge on any atom is -0.292 e. The average molecular weight is 240 g/mol. The molecule has 0 atom stereocenters. The Morgan fingerprint density at radius 1 is 1.53 bits per heavy atom. The molecule has 76 valence electrons. The molecule has 6 heteroatoms. The fraction of sp³-hybridized carbons (Fsp3) is 0.111. The third-order valence-electron chi connectivity index (χ3n) is 1.77. The van der Waals surface area contributed by atoms with Gasteiger partial charge in [0.25, 0.3) is 0 Å². The Morgan fingerprint density at radius 2 is 2.40 bits per heavy atom. The number of halogens is 1. The minimum absolute atomic E-state index is 0.145. The molecule has 0 bridgehead atoms. The van der Waals surface area contributed by atoms with Crippen molar-refractivity contribution in [2.24, 2.45) is 0 Å². The van der Waals surface area contributed by atoms with Crippen LogP contribution >= 0.6 is 23.3 Å². The number of carbonyl (C=O) groups is 1. The highest BCUT2D eigenvalue weighted by Crippen LogP contribution is 2.14. The van der Waals surface area contributed by atoms with Crippen LogP contribution in [0.3, 0.4) is 0 Å². The predicted molar refractivity (Wildman–Crippen MR) is 57.2 cm³/mol. The fourth-order valence-corrected chi connectivity index (χ4v) is 1.76. The molecule has 0 saturated carbocycles. The van der Waals surface area contributed by atoms with E-state index < -0.39 is 0 Å². The van der Waals surface area contributed by atoms with Crippen LogP contribution < -0.4 is 0 Å². The van der Waals surface area contributed by atoms with Gasteiger partial charge in [-0.1, -0.05) is 11.6 Å². The van der Waals surface area contributed by atoms with Gasteiger partial charge in [0.05, 0.1) is 35.1 Å². The number of ketones is 1. The third-order valence-corrected chi connectivity index (χ3v) is 2.59. The van der Waals surface area contributed by atoms with E-state index in [4.69, 9.17) is 11.6 Å². The molecular formula is C9H6ClN3OS. The lowest BCUT2D eigenvalue weighted by Crippen LogP contribution is -2.06. The Morgan fingerprint density at radius 3 is 3.07 bits per heavy atom. The van der Waals surface area contributed by atoms with Gasteiger partial charge >= 0.3 is 0 Å². The van der Waals surface area contributed by atoms with Gasteiger partial charge in [-0.15, -0.1) is 0 Å². The minimum atomic E-state index is -0.145. The lowest BCUT2D eigenvalue weighted by Gasteiger charge is -1.99. The third kappa shape index (κ3) is 2.37. The molecule has 0 saturated heterocycles. The summed E-state index contributed by atoms with van der Waals surface area (Å²) in [6.07, 6.45) is 3.30. The Bertz CT molecular complexity index is 472. The highest BCUT2D eigenvalue weighted by atomic mass is 35.5. The monoisotopic (exact) mass is 239 g/mol. The van der Waals surface area contributed by atoms with E-state index in [0.29, 0.717) is 10.7 Å². The lowest BCUT2D eigenvalue weighted by atomic mass is 10.1.